The lowest BCUT2D eigenvalue weighted by Crippen LogP contribution is -2.15. The second-order valence-corrected chi connectivity index (χ2v) is 4.73. The molecule has 0 atom stereocenters. The summed E-state index contributed by atoms with van der Waals surface area (Å²) in [5.41, 5.74) is 1.70. The molecular formula is C15H15ClN4O. The summed E-state index contributed by atoms with van der Waals surface area (Å²) >= 11 is 6.02. The SMILES string of the molecule is C=CCNc1cnc(C(=O)Nc2cccc(Cl)c2C)cn1. The van der Waals surface area contributed by atoms with E-state index in [0.717, 1.165) is 5.56 Å². The second kappa shape index (κ2) is 6.85. The normalized spacial score (nSPS) is 10.0. The van der Waals surface area contributed by atoms with Gasteiger partial charge in [-0.3, -0.25) is 4.79 Å². The Bertz CT molecular complexity index is 655. The third kappa shape index (κ3) is 3.79. The van der Waals surface area contributed by atoms with Crippen LogP contribution in [0.25, 0.3) is 0 Å². The van der Waals surface area contributed by atoms with Gasteiger partial charge in [-0.05, 0) is 24.6 Å². The number of hydrogen-bond acceptors (Lipinski definition) is 4. The molecule has 5 nitrogen and oxygen atoms in total. The summed E-state index contributed by atoms with van der Waals surface area (Å²) in [5, 5.41) is 6.35. The number of hydrogen-bond donors (Lipinski definition) is 2. The first-order valence-corrected chi connectivity index (χ1v) is 6.73. The third-order valence-corrected chi connectivity index (χ3v) is 3.24. The van der Waals surface area contributed by atoms with Crippen molar-refractivity contribution in [3.8, 4) is 0 Å². The molecule has 0 spiro atoms. The fraction of sp³-hybridized carbons (Fsp3) is 0.133. The van der Waals surface area contributed by atoms with Crippen LogP contribution in [0.15, 0.2) is 43.2 Å². The van der Waals surface area contributed by atoms with Crippen LogP contribution in [0.4, 0.5) is 11.5 Å². The smallest absolute Gasteiger partial charge is 0.275 e. The van der Waals surface area contributed by atoms with Crippen LogP contribution < -0.4 is 10.6 Å². The van der Waals surface area contributed by atoms with Crippen molar-refractivity contribution in [1.82, 2.24) is 9.97 Å². The number of anilines is 2. The Morgan fingerprint density at radius 1 is 1.38 bits per heavy atom. The lowest BCUT2D eigenvalue weighted by molar-refractivity contribution is 0.102. The van der Waals surface area contributed by atoms with E-state index in [4.69, 9.17) is 11.6 Å². The molecule has 1 aromatic heterocycles. The molecule has 0 aliphatic rings. The minimum absolute atomic E-state index is 0.235. The average molecular weight is 303 g/mol. The average Bonchev–Trinajstić information content (AvgIpc) is 2.50. The zero-order valence-corrected chi connectivity index (χ0v) is 12.3. The zero-order valence-electron chi connectivity index (χ0n) is 11.6. The van der Waals surface area contributed by atoms with Gasteiger partial charge in [0.1, 0.15) is 11.5 Å². The van der Waals surface area contributed by atoms with Crippen LogP contribution >= 0.6 is 11.6 Å². The van der Waals surface area contributed by atoms with Gasteiger partial charge in [0.05, 0.1) is 12.4 Å². The van der Waals surface area contributed by atoms with Gasteiger partial charge in [-0.25, -0.2) is 9.97 Å². The van der Waals surface area contributed by atoms with Crippen molar-refractivity contribution in [2.45, 2.75) is 6.92 Å². The van der Waals surface area contributed by atoms with Crippen LogP contribution in [-0.4, -0.2) is 22.4 Å². The molecule has 0 fully saturated rings. The molecule has 108 valence electrons. The van der Waals surface area contributed by atoms with Crippen LogP contribution in [-0.2, 0) is 0 Å². The van der Waals surface area contributed by atoms with Gasteiger partial charge in [-0.1, -0.05) is 23.7 Å². The highest BCUT2D eigenvalue weighted by atomic mass is 35.5. The van der Waals surface area contributed by atoms with E-state index in [2.05, 4.69) is 27.2 Å². The molecule has 0 bridgehead atoms. The van der Waals surface area contributed by atoms with Gasteiger partial charge in [0.25, 0.3) is 5.91 Å². The lowest BCUT2D eigenvalue weighted by atomic mass is 10.2. The number of nitrogens with zero attached hydrogens (tertiary/aromatic N) is 2. The van der Waals surface area contributed by atoms with E-state index >= 15 is 0 Å². The van der Waals surface area contributed by atoms with E-state index in [1.807, 2.05) is 6.92 Å². The van der Waals surface area contributed by atoms with Gasteiger partial charge in [0.15, 0.2) is 0 Å². The highest BCUT2D eigenvalue weighted by Gasteiger charge is 2.10. The van der Waals surface area contributed by atoms with Crippen molar-refractivity contribution in [2.24, 2.45) is 0 Å². The highest BCUT2D eigenvalue weighted by molar-refractivity contribution is 6.31. The maximum Gasteiger partial charge on any atom is 0.275 e. The van der Waals surface area contributed by atoms with E-state index < -0.39 is 0 Å². The molecule has 2 N–H and O–H groups in total. The first-order valence-electron chi connectivity index (χ1n) is 6.35. The van der Waals surface area contributed by atoms with Crippen LogP contribution in [0.1, 0.15) is 16.1 Å². The van der Waals surface area contributed by atoms with E-state index in [0.29, 0.717) is 23.1 Å². The number of rotatable bonds is 5. The van der Waals surface area contributed by atoms with Gasteiger partial charge in [-0.15, -0.1) is 6.58 Å². The fourth-order valence-electron chi connectivity index (χ4n) is 1.64. The van der Waals surface area contributed by atoms with E-state index in [-0.39, 0.29) is 11.6 Å². The molecule has 1 aromatic carbocycles. The molecule has 21 heavy (non-hydrogen) atoms. The van der Waals surface area contributed by atoms with Gasteiger partial charge in [0.2, 0.25) is 0 Å². The molecule has 2 aromatic rings. The quantitative estimate of drug-likeness (QED) is 0.832. The minimum Gasteiger partial charge on any atom is -0.365 e. The standard InChI is InChI=1S/C15H15ClN4O/c1-3-7-17-14-9-18-13(8-19-14)15(21)20-12-6-4-5-11(16)10(12)2/h3-6,8-9H,1,7H2,2H3,(H,17,19)(H,20,21). The molecule has 1 amide bonds. The van der Waals surface area contributed by atoms with Crippen molar-refractivity contribution >= 4 is 29.0 Å². The van der Waals surface area contributed by atoms with Crippen molar-refractivity contribution in [1.29, 1.82) is 0 Å². The molecule has 1 heterocycles. The van der Waals surface area contributed by atoms with Crippen molar-refractivity contribution in [3.05, 3.63) is 59.5 Å². The van der Waals surface area contributed by atoms with E-state index in [1.54, 1.807) is 24.3 Å². The Kier molecular flexibility index (Phi) is 4.90. The molecule has 2 rings (SSSR count). The minimum atomic E-state index is -0.330. The highest BCUT2D eigenvalue weighted by Crippen LogP contribution is 2.23. The fourth-order valence-corrected chi connectivity index (χ4v) is 1.82. The number of carbonyl (C=O) groups is 1. The summed E-state index contributed by atoms with van der Waals surface area (Å²) < 4.78 is 0. The second-order valence-electron chi connectivity index (χ2n) is 4.32. The summed E-state index contributed by atoms with van der Waals surface area (Å²) in [6.45, 7) is 6.02. The summed E-state index contributed by atoms with van der Waals surface area (Å²) in [6, 6.07) is 5.33. The Balaban J connectivity index is 2.09. The summed E-state index contributed by atoms with van der Waals surface area (Å²) in [6.07, 6.45) is 4.63. The number of amides is 1. The maximum atomic E-state index is 12.1. The number of carbonyl (C=O) groups excluding carboxylic acids is 1. The molecule has 6 heteroatoms. The molecule has 0 radical (unpaired) electrons. The zero-order chi connectivity index (χ0) is 15.2. The first kappa shape index (κ1) is 15.0. The third-order valence-electron chi connectivity index (χ3n) is 2.83. The van der Waals surface area contributed by atoms with Crippen LogP contribution in [0.2, 0.25) is 5.02 Å². The molecule has 0 saturated carbocycles. The van der Waals surface area contributed by atoms with E-state index in [9.17, 15) is 4.79 Å². The summed E-state index contributed by atoms with van der Waals surface area (Å²) in [4.78, 5) is 20.3. The van der Waals surface area contributed by atoms with Gasteiger partial charge >= 0.3 is 0 Å². The molecule has 0 unspecified atom stereocenters. The van der Waals surface area contributed by atoms with Crippen molar-refractivity contribution < 1.29 is 4.79 Å². The van der Waals surface area contributed by atoms with Crippen LogP contribution in [0.5, 0.6) is 0 Å². The van der Waals surface area contributed by atoms with Crippen molar-refractivity contribution in [3.63, 3.8) is 0 Å². The molecule has 0 saturated heterocycles. The molecular weight excluding hydrogens is 288 g/mol. The van der Waals surface area contributed by atoms with Gasteiger partial charge < -0.3 is 10.6 Å². The van der Waals surface area contributed by atoms with Gasteiger partial charge in [-0.2, -0.15) is 0 Å². The topological polar surface area (TPSA) is 66.9 Å². The van der Waals surface area contributed by atoms with Crippen molar-refractivity contribution in [2.75, 3.05) is 17.2 Å². The Morgan fingerprint density at radius 2 is 2.19 bits per heavy atom. The number of benzene rings is 1. The predicted octanol–water partition coefficient (Wildman–Crippen LogP) is 3.29. The Hall–Kier alpha value is -2.40. The maximum absolute atomic E-state index is 12.1. The monoisotopic (exact) mass is 302 g/mol. The first-order chi connectivity index (χ1) is 10.1. The van der Waals surface area contributed by atoms with Crippen LogP contribution in [0, 0.1) is 6.92 Å². The largest absolute Gasteiger partial charge is 0.365 e. The Labute approximate surface area is 128 Å². The predicted molar refractivity (Wildman–Crippen MR) is 84.9 cm³/mol. The number of halogens is 1. The molecule has 0 aliphatic heterocycles. The number of aromatic nitrogens is 2. The van der Waals surface area contributed by atoms with Crippen LogP contribution in [0.3, 0.4) is 0 Å². The Morgan fingerprint density at radius 3 is 2.86 bits per heavy atom. The summed E-state index contributed by atoms with van der Waals surface area (Å²) in [7, 11) is 0. The van der Waals surface area contributed by atoms with E-state index in [1.165, 1.54) is 12.4 Å². The summed E-state index contributed by atoms with van der Waals surface area (Å²) in [5.74, 6) is 0.258. The number of nitrogens with one attached hydrogen (secondary N) is 2. The van der Waals surface area contributed by atoms with Gasteiger partial charge in [0, 0.05) is 17.3 Å². The lowest BCUT2D eigenvalue weighted by Gasteiger charge is -2.09. The molecule has 0 aliphatic carbocycles.